The summed E-state index contributed by atoms with van der Waals surface area (Å²) in [5.41, 5.74) is 1.11. The van der Waals surface area contributed by atoms with Crippen molar-refractivity contribution in [2.45, 2.75) is 0 Å². The van der Waals surface area contributed by atoms with Gasteiger partial charge < -0.3 is 10.4 Å². The van der Waals surface area contributed by atoms with Crippen LogP contribution < -0.4 is 5.32 Å². The number of carboxylic acids is 1. The molecule has 92 valence electrons. The normalized spacial score (nSPS) is 10.1. The van der Waals surface area contributed by atoms with Crippen LogP contribution in [-0.2, 0) is 0 Å². The third-order valence-corrected chi connectivity index (χ3v) is 2.99. The molecule has 0 aliphatic carbocycles. The van der Waals surface area contributed by atoms with Crippen molar-refractivity contribution in [1.29, 1.82) is 0 Å². The van der Waals surface area contributed by atoms with Crippen LogP contribution in [0.25, 0.3) is 0 Å². The van der Waals surface area contributed by atoms with E-state index < -0.39 is 5.97 Å². The van der Waals surface area contributed by atoms with Crippen LogP contribution in [0.15, 0.2) is 42.5 Å². The van der Waals surface area contributed by atoms with Crippen molar-refractivity contribution in [3.8, 4) is 0 Å². The second kappa shape index (κ2) is 5.34. The largest absolute Gasteiger partial charge is 0.478 e. The number of hydrogen-bond acceptors (Lipinski definition) is 2. The minimum Gasteiger partial charge on any atom is -0.478 e. The molecule has 2 N–H and O–H groups in total. The van der Waals surface area contributed by atoms with Crippen molar-refractivity contribution >= 4 is 39.9 Å². The number of benzene rings is 2. The Hall–Kier alpha value is -1.63. The van der Waals surface area contributed by atoms with E-state index in [-0.39, 0.29) is 11.4 Å². The summed E-state index contributed by atoms with van der Waals surface area (Å²) >= 11 is 2.04. The highest BCUT2D eigenvalue weighted by Crippen LogP contribution is 2.23. The Kier molecular flexibility index (Phi) is 3.81. The molecule has 5 heteroatoms. The Balaban J connectivity index is 2.37. The SMILES string of the molecule is O=C(O)c1cc(I)ccc1Nc1cccc(F)c1. The van der Waals surface area contributed by atoms with Gasteiger partial charge in [0.15, 0.2) is 0 Å². The van der Waals surface area contributed by atoms with Gasteiger partial charge in [0.05, 0.1) is 11.3 Å². The van der Waals surface area contributed by atoms with E-state index in [1.807, 2.05) is 22.6 Å². The van der Waals surface area contributed by atoms with Gasteiger partial charge in [-0.05, 0) is 59.0 Å². The van der Waals surface area contributed by atoms with Crippen LogP contribution in [0.3, 0.4) is 0 Å². The maximum absolute atomic E-state index is 13.0. The molecule has 0 aromatic heterocycles. The fourth-order valence-electron chi connectivity index (χ4n) is 1.52. The summed E-state index contributed by atoms with van der Waals surface area (Å²) in [6.45, 7) is 0. The van der Waals surface area contributed by atoms with Crippen LogP contribution in [-0.4, -0.2) is 11.1 Å². The second-order valence-corrected chi connectivity index (χ2v) is 4.88. The van der Waals surface area contributed by atoms with Crippen LogP contribution >= 0.6 is 22.6 Å². The summed E-state index contributed by atoms with van der Waals surface area (Å²) in [6, 6.07) is 10.9. The van der Waals surface area contributed by atoms with E-state index in [1.165, 1.54) is 12.1 Å². The summed E-state index contributed by atoms with van der Waals surface area (Å²) in [5.74, 6) is -1.39. The Morgan fingerprint density at radius 2 is 2.00 bits per heavy atom. The minimum absolute atomic E-state index is 0.158. The molecular formula is C13H9FINO2. The molecule has 3 nitrogen and oxygen atoms in total. The zero-order chi connectivity index (χ0) is 13.1. The molecule has 18 heavy (non-hydrogen) atoms. The molecule has 0 radical (unpaired) electrons. The fourth-order valence-corrected chi connectivity index (χ4v) is 2.02. The van der Waals surface area contributed by atoms with Crippen molar-refractivity contribution in [2.75, 3.05) is 5.32 Å². The van der Waals surface area contributed by atoms with E-state index >= 15 is 0 Å². The molecule has 0 bridgehead atoms. The van der Waals surface area contributed by atoms with Crippen molar-refractivity contribution in [2.24, 2.45) is 0 Å². The standard InChI is InChI=1S/C13H9FINO2/c14-8-2-1-3-10(6-8)16-12-5-4-9(15)7-11(12)13(17)18/h1-7,16H,(H,17,18). The first-order valence-corrected chi connectivity index (χ1v) is 6.19. The third-order valence-electron chi connectivity index (χ3n) is 2.32. The average Bonchev–Trinajstić information content (AvgIpc) is 2.31. The van der Waals surface area contributed by atoms with E-state index in [0.29, 0.717) is 11.4 Å². The van der Waals surface area contributed by atoms with E-state index in [0.717, 1.165) is 3.57 Å². The number of carbonyl (C=O) groups is 1. The van der Waals surface area contributed by atoms with E-state index in [1.54, 1.807) is 30.3 Å². The van der Waals surface area contributed by atoms with Crippen molar-refractivity contribution in [3.05, 3.63) is 57.4 Å². The lowest BCUT2D eigenvalue weighted by Gasteiger charge is -2.10. The van der Waals surface area contributed by atoms with E-state index in [9.17, 15) is 9.18 Å². The maximum atomic E-state index is 13.0. The number of carboxylic acid groups (broad SMARTS) is 1. The molecule has 0 atom stereocenters. The Labute approximate surface area is 117 Å². The molecule has 2 aromatic carbocycles. The summed E-state index contributed by atoms with van der Waals surface area (Å²) in [5, 5.41) is 12.0. The van der Waals surface area contributed by atoms with Gasteiger partial charge in [0.2, 0.25) is 0 Å². The highest BCUT2D eigenvalue weighted by molar-refractivity contribution is 14.1. The van der Waals surface area contributed by atoms with Crippen LogP contribution in [0.5, 0.6) is 0 Å². The highest BCUT2D eigenvalue weighted by Gasteiger charge is 2.10. The van der Waals surface area contributed by atoms with Crippen LogP contribution in [0.4, 0.5) is 15.8 Å². The number of rotatable bonds is 3. The lowest BCUT2D eigenvalue weighted by atomic mass is 10.1. The van der Waals surface area contributed by atoms with E-state index in [2.05, 4.69) is 5.32 Å². The van der Waals surface area contributed by atoms with Gasteiger partial charge in [-0.15, -0.1) is 0 Å². The Morgan fingerprint density at radius 3 is 2.67 bits per heavy atom. The summed E-state index contributed by atoms with van der Waals surface area (Å²) in [6.07, 6.45) is 0. The van der Waals surface area contributed by atoms with Gasteiger partial charge in [-0.25, -0.2) is 9.18 Å². The summed E-state index contributed by atoms with van der Waals surface area (Å²) in [4.78, 5) is 11.1. The molecule has 0 aliphatic rings. The first-order chi connectivity index (χ1) is 8.56. The number of hydrogen-bond donors (Lipinski definition) is 2. The topological polar surface area (TPSA) is 49.3 Å². The van der Waals surface area contributed by atoms with Gasteiger partial charge in [0, 0.05) is 9.26 Å². The van der Waals surface area contributed by atoms with Crippen molar-refractivity contribution in [3.63, 3.8) is 0 Å². The molecule has 0 fully saturated rings. The van der Waals surface area contributed by atoms with Crippen LogP contribution in [0, 0.1) is 9.39 Å². The molecule has 0 saturated carbocycles. The fraction of sp³-hybridized carbons (Fsp3) is 0. The molecule has 0 heterocycles. The molecule has 0 amide bonds. The number of anilines is 2. The van der Waals surface area contributed by atoms with Gasteiger partial charge in [0.25, 0.3) is 0 Å². The van der Waals surface area contributed by atoms with Crippen LogP contribution in [0.1, 0.15) is 10.4 Å². The zero-order valence-corrected chi connectivity index (χ0v) is 11.3. The molecule has 0 aliphatic heterocycles. The number of halogens is 2. The molecule has 2 rings (SSSR count). The summed E-state index contributed by atoms with van der Waals surface area (Å²) < 4.78 is 13.9. The molecule has 2 aromatic rings. The Bertz CT molecular complexity index is 601. The molecule has 0 spiro atoms. The zero-order valence-electron chi connectivity index (χ0n) is 9.15. The van der Waals surface area contributed by atoms with Gasteiger partial charge in [-0.1, -0.05) is 6.07 Å². The predicted molar refractivity (Wildman–Crippen MR) is 75.8 cm³/mol. The lowest BCUT2D eigenvalue weighted by Crippen LogP contribution is -2.03. The molecule has 0 unspecified atom stereocenters. The number of aromatic carboxylic acids is 1. The molecule has 0 saturated heterocycles. The highest BCUT2D eigenvalue weighted by atomic mass is 127. The predicted octanol–water partition coefficient (Wildman–Crippen LogP) is 3.87. The minimum atomic E-state index is -1.02. The Morgan fingerprint density at radius 1 is 1.22 bits per heavy atom. The van der Waals surface area contributed by atoms with Gasteiger partial charge in [0.1, 0.15) is 5.82 Å². The van der Waals surface area contributed by atoms with Crippen molar-refractivity contribution < 1.29 is 14.3 Å². The van der Waals surface area contributed by atoms with Gasteiger partial charge >= 0.3 is 5.97 Å². The second-order valence-electron chi connectivity index (χ2n) is 3.63. The lowest BCUT2D eigenvalue weighted by molar-refractivity contribution is 0.0698. The van der Waals surface area contributed by atoms with Gasteiger partial charge in [-0.2, -0.15) is 0 Å². The quantitative estimate of drug-likeness (QED) is 0.820. The van der Waals surface area contributed by atoms with Gasteiger partial charge in [-0.3, -0.25) is 0 Å². The maximum Gasteiger partial charge on any atom is 0.337 e. The number of nitrogens with one attached hydrogen (secondary N) is 1. The summed E-state index contributed by atoms with van der Waals surface area (Å²) in [7, 11) is 0. The van der Waals surface area contributed by atoms with E-state index in [4.69, 9.17) is 5.11 Å². The van der Waals surface area contributed by atoms with Crippen LogP contribution in [0.2, 0.25) is 0 Å². The third kappa shape index (κ3) is 2.98. The monoisotopic (exact) mass is 357 g/mol. The first-order valence-electron chi connectivity index (χ1n) is 5.12. The van der Waals surface area contributed by atoms with Crippen molar-refractivity contribution in [1.82, 2.24) is 0 Å². The average molecular weight is 357 g/mol. The molecular weight excluding hydrogens is 348 g/mol. The smallest absolute Gasteiger partial charge is 0.337 e. The first kappa shape index (κ1) is 12.8.